The first-order chi connectivity index (χ1) is 8.58. The van der Waals surface area contributed by atoms with Crippen LogP contribution >= 0.6 is 11.8 Å². The lowest BCUT2D eigenvalue weighted by Gasteiger charge is -2.03. The molecule has 0 bridgehead atoms. The van der Waals surface area contributed by atoms with E-state index in [2.05, 4.69) is 10.2 Å². The van der Waals surface area contributed by atoms with Gasteiger partial charge >= 0.3 is 5.97 Å². The van der Waals surface area contributed by atoms with E-state index < -0.39 is 5.97 Å². The van der Waals surface area contributed by atoms with Crippen molar-refractivity contribution < 1.29 is 9.90 Å². The number of aryl methyl sites for hydroxylation is 1. The molecule has 0 aliphatic rings. The SMILES string of the molecule is Cc1nnc(SCc2cccc(C(=O)O)c2)n1N. The number of carboxylic acids is 1. The number of rotatable bonds is 4. The molecule has 0 aliphatic heterocycles. The van der Waals surface area contributed by atoms with Crippen molar-refractivity contribution in [3.8, 4) is 0 Å². The van der Waals surface area contributed by atoms with Gasteiger partial charge in [-0.15, -0.1) is 10.2 Å². The zero-order chi connectivity index (χ0) is 13.1. The average molecular weight is 264 g/mol. The molecule has 6 nitrogen and oxygen atoms in total. The van der Waals surface area contributed by atoms with Crippen LogP contribution < -0.4 is 5.84 Å². The monoisotopic (exact) mass is 264 g/mol. The van der Waals surface area contributed by atoms with Gasteiger partial charge in [0.25, 0.3) is 0 Å². The second-order valence-electron chi connectivity index (χ2n) is 3.69. The number of aromatic carboxylic acids is 1. The molecule has 0 atom stereocenters. The minimum atomic E-state index is -0.931. The number of nitrogen functional groups attached to an aromatic ring is 1. The Labute approximate surface area is 108 Å². The third kappa shape index (κ3) is 2.62. The largest absolute Gasteiger partial charge is 0.478 e. The van der Waals surface area contributed by atoms with Gasteiger partial charge in [-0.05, 0) is 24.6 Å². The van der Waals surface area contributed by atoms with Gasteiger partial charge in [-0.25, -0.2) is 9.47 Å². The van der Waals surface area contributed by atoms with E-state index in [0.717, 1.165) is 5.56 Å². The molecular formula is C11H12N4O2S. The third-order valence-electron chi connectivity index (χ3n) is 2.38. The van der Waals surface area contributed by atoms with Crippen molar-refractivity contribution in [3.05, 3.63) is 41.2 Å². The van der Waals surface area contributed by atoms with Crippen molar-refractivity contribution in [3.63, 3.8) is 0 Å². The van der Waals surface area contributed by atoms with Gasteiger partial charge in [0.1, 0.15) is 5.82 Å². The maximum Gasteiger partial charge on any atom is 0.335 e. The van der Waals surface area contributed by atoms with Crippen LogP contribution in [0.3, 0.4) is 0 Å². The third-order valence-corrected chi connectivity index (χ3v) is 3.39. The van der Waals surface area contributed by atoms with Crippen molar-refractivity contribution in [1.82, 2.24) is 14.9 Å². The molecule has 1 aromatic carbocycles. The first kappa shape index (κ1) is 12.4. The number of carboxylic acid groups (broad SMARTS) is 1. The Balaban J connectivity index is 2.08. The lowest BCUT2D eigenvalue weighted by molar-refractivity contribution is 0.0697. The van der Waals surface area contributed by atoms with E-state index >= 15 is 0 Å². The van der Waals surface area contributed by atoms with Gasteiger partial charge in [-0.3, -0.25) is 0 Å². The van der Waals surface area contributed by atoms with Crippen LogP contribution in [0.4, 0.5) is 0 Å². The summed E-state index contributed by atoms with van der Waals surface area (Å²) in [5.74, 6) is 6.02. The van der Waals surface area contributed by atoms with Crippen molar-refractivity contribution in [2.24, 2.45) is 0 Å². The molecule has 18 heavy (non-hydrogen) atoms. The summed E-state index contributed by atoms with van der Waals surface area (Å²) >= 11 is 1.41. The molecule has 2 aromatic rings. The smallest absolute Gasteiger partial charge is 0.335 e. The van der Waals surface area contributed by atoms with Crippen LogP contribution in [0.25, 0.3) is 0 Å². The molecule has 0 saturated heterocycles. The van der Waals surface area contributed by atoms with E-state index in [-0.39, 0.29) is 5.56 Å². The van der Waals surface area contributed by atoms with E-state index in [1.807, 2.05) is 6.07 Å². The summed E-state index contributed by atoms with van der Waals surface area (Å²) in [6.45, 7) is 1.77. The van der Waals surface area contributed by atoms with E-state index in [0.29, 0.717) is 16.7 Å². The molecule has 2 rings (SSSR count). The number of hydrogen-bond donors (Lipinski definition) is 2. The number of carbonyl (C=O) groups is 1. The number of aromatic nitrogens is 3. The predicted molar refractivity (Wildman–Crippen MR) is 67.9 cm³/mol. The molecule has 0 saturated carbocycles. The van der Waals surface area contributed by atoms with Crippen molar-refractivity contribution >= 4 is 17.7 Å². The van der Waals surface area contributed by atoms with E-state index in [1.54, 1.807) is 25.1 Å². The lowest BCUT2D eigenvalue weighted by Crippen LogP contribution is -2.11. The number of nitrogens with two attached hydrogens (primary N) is 1. The number of nitrogens with zero attached hydrogens (tertiary/aromatic N) is 3. The Morgan fingerprint density at radius 1 is 1.50 bits per heavy atom. The fraction of sp³-hybridized carbons (Fsp3) is 0.182. The van der Waals surface area contributed by atoms with Gasteiger partial charge < -0.3 is 10.9 Å². The summed E-state index contributed by atoms with van der Waals surface area (Å²) < 4.78 is 1.41. The minimum Gasteiger partial charge on any atom is -0.478 e. The molecule has 1 heterocycles. The standard InChI is InChI=1S/C11H12N4O2S/c1-7-13-14-11(15(7)12)18-6-8-3-2-4-9(5-8)10(16)17/h2-5H,6,12H2,1H3,(H,16,17). The Kier molecular flexibility index (Phi) is 3.52. The zero-order valence-electron chi connectivity index (χ0n) is 9.70. The Hall–Kier alpha value is -2.02. The van der Waals surface area contributed by atoms with Crippen molar-refractivity contribution in [2.75, 3.05) is 5.84 Å². The van der Waals surface area contributed by atoms with E-state index in [1.165, 1.54) is 16.4 Å². The summed E-state index contributed by atoms with van der Waals surface area (Å²) in [5, 5.41) is 17.3. The fourth-order valence-electron chi connectivity index (χ4n) is 1.39. The summed E-state index contributed by atoms with van der Waals surface area (Å²) in [6, 6.07) is 6.78. The van der Waals surface area contributed by atoms with Gasteiger partial charge in [0, 0.05) is 5.75 Å². The first-order valence-corrected chi connectivity index (χ1v) is 6.18. The Morgan fingerprint density at radius 2 is 2.28 bits per heavy atom. The fourth-order valence-corrected chi connectivity index (χ4v) is 2.24. The summed E-state index contributed by atoms with van der Waals surface area (Å²) in [4.78, 5) is 10.8. The second kappa shape index (κ2) is 5.09. The van der Waals surface area contributed by atoms with Crippen LogP contribution in [0.1, 0.15) is 21.7 Å². The molecule has 0 aliphatic carbocycles. The van der Waals surface area contributed by atoms with Gasteiger partial charge in [-0.1, -0.05) is 23.9 Å². The number of thioether (sulfide) groups is 1. The molecular weight excluding hydrogens is 252 g/mol. The zero-order valence-corrected chi connectivity index (χ0v) is 10.5. The molecule has 1 aromatic heterocycles. The molecule has 7 heteroatoms. The lowest BCUT2D eigenvalue weighted by atomic mass is 10.1. The minimum absolute atomic E-state index is 0.276. The normalized spacial score (nSPS) is 10.5. The van der Waals surface area contributed by atoms with Crippen LogP contribution in [0.2, 0.25) is 0 Å². The molecule has 0 spiro atoms. The topological polar surface area (TPSA) is 94.0 Å². The molecule has 0 fully saturated rings. The van der Waals surface area contributed by atoms with Gasteiger partial charge in [-0.2, -0.15) is 0 Å². The predicted octanol–water partition coefficient (Wildman–Crippen LogP) is 1.29. The van der Waals surface area contributed by atoms with Crippen molar-refractivity contribution in [1.29, 1.82) is 0 Å². The average Bonchev–Trinajstić information content (AvgIpc) is 2.68. The summed E-state index contributed by atoms with van der Waals surface area (Å²) in [7, 11) is 0. The maximum absolute atomic E-state index is 10.8. The van der Waals surface area contributed by atoms with Crippen LogP contribution in [-0.4, -0.2) is 25.9 Å². The Morgan fingerprint density at radius 3 is 2.89 bits per heavy atom. The highest BCUT2D eigenvalue weighted by Gasteiger charge is 2.08. The van der Waals surface area contributed by atoms with E-state index in [4.69, 9.17) is 10.9 Å². The van der Waals surface area contributed by atoms with Gasteiger partial charge in [0.15, 0.2) is 0 Å². The maximum atomic E-state index is 10.8. The Bertz CT molecular complexity index is 582. The van der Waals surface area contributed by atoms with Crippen molar-refractivity contribution in [2.45, 2.75) is 17.8 Å². The summed E-state index contributed by atoms with van der Waals surface area (Å²) in [5.41, 5.74) is 1.18. The molecule has 0 radical (unpaired) electrons. The number of hydrogen-bond acceptors (Lipinski definition) is 5. The molecule has 94 valence electrons. The highest BCUT2D eigenvalue weighted by atomic mass is 32.2. The molecule has 3 N–H and O–H groups in total. The second-order valence-corrected chi connectivity index (χ2v) is 4.64. The molecule has 0 unspecified atom stereocenters. The van der Waals surface area contributed by atoms with E-state index in [9.17, 15) is 4.79 Å². The molecule has 0 amide bonds. The summed E-state index contributed by atoms with van der Waals surface area (Å²) in [6.07, 6.45) is 0. The van der Waals surface area contributed by atoms with Crippen LogP contribution in [0.5, 0.6) is 0 Å². The first-order valence-electron chi connectivity index (χ1n) is 5.20. The van der Waals surface area contributed by atoms with Crippen LogP contribution in [0.15, 0.2) is 29.4 Å². The van der Waals surface area contributed by atoms with Gasteiger partial charge in [0.2, 0.25) is 5.16 Å². The highest BCUT2D eigenvalue weighted by Crippen LogP contribution is 2.20. The highest BCUT2D eigenvalue weighted by molar-refractivity contribution is 7.98. The van der Waals surface area contributed by atoms with Crippen LogP contribution in [-0.2, 0) is 5.75 Å². The quantitative estimate of drug-likeness (QED) is 0.638. The van der Waals surface area contributed by atoms with Crippen LogP contribution in [0, 0.1) is 6.92 Å². The number of benzene rings is 1. The van der Waals surface area contributed by atoms with Gasteiger partial charge in [0.05, 0.1) is 5.56 Å².